The SMILES string of the molecule is COc1cc(/C=N\N2C(=O)[C@@H]3[C@@H](C2=O)[C@H]2C=C[C@H]3C23CC3)c([N+](=O)[O-])cc1OC. The lowest BCUT2D eigenvalue weighted by molar-refractivity contribution is -0.385. The fourth-order valence-corrected chi connectivity index (χ4v) is 5.44. The number of methoxy groups -OCH3 is 2. The van der Waals surface area contributed by atoms with Crippen molar-refractivity contribution in [3.63, 3.8) is 0 Å². The predicted octanol–water partition coefficient (Wildman–Crippen LogP) is 2.14. The van der Waals surface area contributed by atoms with Gasteiger partial charge >= 0.3 is 0 Å². The average molecular weight is 397 g/mol. The number of benzene rings is 1. The molecule has 2 amide bonds. The van der Waals surface area contributed by atoms with Crippen LogP contribution in [-0.2, 0) is 9.59 Å². The summed E-state index contributed by atoms with van der Waals surface area (Å²) in [6, 6.07) is 2.63. The second kappa shape index (κ2) is 5.88. The van der Waals surface area contributed by atoms with Gasteiger partial charge in [0.25, 0.3) is 17.5 Å². The molecule has 3 aliphatic carbocycles. The monoisotopic (exact) mass is 397 g/mol. The zero-order valence-electron chi connectivity index (χ0n) is 15.9. The van der Waals surface area contributed by atoms with E-state index in [1.54, 1.807) is 0 Å². The lowest BCUT2D eigenvalue weighted by Gasteiger charge is -2.18. The van der Waals surface area contributed by atoms with E-state index in [9.17, 15) is 19.7 Å². The maximum Gasteiger partial charge on any atom is 0.282 e. The second-order valence-electron chi connectivity index (χ2n) is 7.98. The van der Waals surface area contributed by atoms with E-state index in [0.717, 1.165) is 17.9 Å². The molecule has 2 bridgehead atoms. The molecule has 0 unspecified atom stereocenters. The fraction of sp³-hybridized carbons (Fsp3) is 0.450. The van der Waals surface area contributed by atoms with Gasteiger partial charge in [0, 0.05) is 0 Å². The summed E-state index contributed by atoms with van der Waals surface area (Å²) in [6.07, 6.45) is 7.44. The maximum absolute atomic E-state index is 12.9. The first-order valence-electron chi connectivity index (χ1n) is 9.43. The Balaban J connectivity index is 1.47. The molecule has 1 spiro atoms. The minimum Gasteiger partial charge on any atom is -0.493 e. The molecule has 2 saturated carbocycles. The molecule has 1 heterocycles. The third kappa shape index (κ3) is 2.24. The first-order chi connectivity index (χ1) is 13.9. The van der Waals surface area contributed by atoms with Gasteiger partial charge in [-0.15, -0.1) is 0 Å². The number of hydrazone groups is 1. The van der Waals surface area contributed by atoms with Crippen LogP contribution in [0.2, 0.25) is 0 Å². The molecule has 1 aromatic carbocycles. The maximum atomic E-state index is 12.9. The van der Waals surface area contributed by atoms with Crippen LogP contribution in [0.15, 0.2) is 29.4 Å². The summed E-state index contributed by atoms with van der Waals surface area (Å²) in [5.41, 5.74) is -0.0343. The number of carbonyl (C=O) groups excluding carboxylic acids is 2. The number of hydrogen-bond acceptors (Lipinski definition) is 7. The van der Waals surface area contributed by atoms with E-state index in [1.807, 2.05) is 0 Å². The van der Waals surface area contributed by atoms with E-state index in [4.69, 9.17) is 9.47 Å². The van der Waals surface area contributed by atoms with Gasteiger partial charge in [-0.2, -0.15) is 10.1 Å². The molecular formula is C20H19N3O6. The molecule has 4 aliphatic rings. The molecule has 9 heteroatoms. The van der Waals surface area contributed by atoms with E-state index in [1.165, 1.54) is 32.6 Å². The molecule has 0 N–H and O–H groups in total. The number of nitro groups is 1. The minimum atomic E-state index is -0.577. The van der Waals surface area contributed by atoms with Crippen LogP contribution in [-0.4, -0.2) is 42.2 Å². The summed E-state index contributed by atoms with van der Waals surface area (Å²) >= 11 is 0. The van der Waals surface area contributed by atoms with Crippen molar-refractivity contribution in [2.24, 2.45) is 34.2 Å². The van der Waals surface area contributed by atoms with Crippen LogP contribution in [0.5, 0.6) is 11.5 Å². The van der Waals surface area contributed by atoms with E-state index < -0.39 is 4.92 Å². The van der Waals surface area contributed by atoms with Crippen LogP contribution in [0.4, 0.5) is 5.69 Å². The van der Waals surface area contributed by atoms with Gasteiger partial charge in [-0.05, 0) is 36.2 Å². The molecule has 1 aliphatic heterocycles. The summed E-state index contributed by atoms with van der Waals surface area (Å²) in [6.45, 7) is 0. The van der Waals surface area contributed by atoms with Crippen LogP contribution >= 0.6 is 0 Å². The molecule has 0 aromatic heterocycles. The minimum absolute atomic E-state index is 0.101. The number of carbonyl (C=O) groups is 2. The predicted molar refractivity (Wildman–Crippen MR) is 100 cm³/mol. The normalized spacial score (nSPS) is 30.5. The topological polar surface area (TPSA) is 111 Å². The summed E-state index contributed by atoms with van der Waals surface area (Å²) in [5.74, 6) is -0.667. The van der Waals surface area contributed by atoms with Crippen molar-refractivity contribution in [1.82, 2.24) is 5.01 Å². The van der Waals surface area contributed by atoms with E-state index in [2.05, 4.69) is 17.3 Å². The third-order valence-electron chi connectivity index (χ3n) is 6.87. The summed E-state index contributed by atoms with van der Waals surface area (Å²) < 4.78 is 10.3. The molecule has 3 fully saturated rings. The molecule has 5 rings (SSSR count). The molecule has 1 aromatic rings. The van der Waals surface area contributed by atoms with Crippen molar-refractivity contribution >= 4 is 23.7 Å². The quantitative estimate of drug-likeness (QED) is 0.247. The van der Waals surface area contributed by atoms with Gasteiger partial charge in [0.05, 0.1) is 48.8 Å². The van der Waals surface area contributed by atoms with Crippen molar-refractivity contribution in [1.29, 1.82) is 0 Å². The highest BCUT2D eigenvalue weighted by atomic mass is 16.6. The van der Waals surface area contributed by atoms with Gasteiger partial charge in [-0.25, -0.2) is 0 Å². The molecule has 0 radical (unpaired) electrons. The van der Waals surface area contributed by atoms with E-state index in [-0.39, 0.29) is 63.7 Å². The Morgan fingerprint density at radius 2 is 1.66 bits per heavy atom. The van der Waals surface area contributed by atoms with E-state index in [0.29, 0.717) is 0 Å². The highest BCUT2D eigenvalue weighted by Crippen LogP contribution is 2.73. The van der Waals surface area contributed by atoms with Crippen LogP contribution < -0.4 is 9.47 Å². The van der Waals surface area contributed by atoms with Crippen LogP contribution in [0, 0.1) is 39.2 Å². The number of allylic oxidation sites excluding steroid dienone is 2. The fourth-order valence-electron chi connectivity index (χ4n) is 5.44. The standard InChI is InChI=1S/C20H19N3O6/c1-28-14-7-10(13(23(26)27)8-15(14)29-2)9-21-22-18(24)16-11-3-4-12(17(16)19(22)25)20(11)5-6-20/h3-4,7-9,11-12,16-17H,5-6H2,1-2H3/b21-9-/t11-,12-,16+,17+/m1/s1. The number of nitro benzene ring substituents is 1. The third-order valence-corrected chi connectivity index (χ3v) is 6.87. The van der Waals surface area contributed by atoms with Gasteiger partial charge in [0.2, 0.25) is 0 Å². The van der Waals surface area contributed by atoms with E-state index >= 15 is 0 Å². The molecule has 9 nitrogen and oxygen atoms in total. The first kappa shape index (κ1) is 17.8. The number of ether oxygens (including phenoxy) is 2. The Morgan fingerprint density at radius 1 is 1.10 bits per heavy atom. The van der Waals surface area contributed by atoms with Gasteiger partial charge < -0.3 is 9.47 Å². The number of hydrogen-bond donors (Lipinski definition) is 0. The summed E-state index contributed by atoms with van der Waals surface area (Å²) in [5, 5.41) is 16.4. The molecule has 29 heavy (non-hydrogen) atoms. The smallest absolute Gasteiger partial charge is 0.282 e. The Hall–Kier alpha value is -3.23. The zero-order chi connectivity index (χ0) is 20.5. The number of nitrogens with zero attached hydrogens (tertiary/aromatic N) is 3. The first-order valence-corrected chi connectivity index (χ1v) is 9.43. The molecule has 4 atom stereocenters. The van der Waals surface area contributed by atoms with Crippen molar-refractivity contribution in [2.75, 3.05) is 14.2 Å². The summed E-state index contributed by atoms with van der Waals surface area (Å²) in [4.78, 5) is 36.8. The summed E-state index contributed by atoms with van der Waals surface area (Å²) in [7, 11) is 2.79. The largest absolute Gasteiger partial charge is 0.493 e. The molecular weight excluding hydrogens is 378 g/mol. The number of rotatable bonds is 5. The van der Waals surface area contributed by atoms with Crippen LogP contribution in [0.1, 0.15) is 18.4 Å². The van der Waals surface area contributed by atoms with Crippen molar-refractivity contribution in [2.45, 2.75) is 12.8 Å². The molecule has 150 valence electrons. The van der Waals surface area contributed by atoms with Crippen LogP contribution in [0.25, 0.3) is 0 Å². The van der Waals surface area contributed by atoms with Crippen LogP contribution in [0.3, 0.4) is 0 Å². The lowest BCUT2D eigenvalue weighted by Crippen LogP contribution is -2.30. The van der Waals surface area contributed by atoms with Gasteiger partial charge in [0.15, 0.2) is 11.5 Å². The Labute approximate surface area is 166 Å². The van der Waals surface area contributed by atoms with Gasteiger partial charge in [-0.3, -0.25) is 19.7 Å². The number of imide groups is 1. The average Bonchev–Trinajstić information content (AvgIpc) is 3.31. The lowest BCUT2D eigenvalue weighted by atomic mass is 9.85. The Kier molecular flexibility index (Phi) is 3.62. The van der Waals surface area contributed by atoms with Gasteiger partial charge in [-0.1, -0.05) is 12.2 Å². The Bertz CT molecular complexity index is 978. The zero-order valence-corrected chi connectivity index (χ0v) is 15.9. The number of fused-ring (bicyclic) bond motifs is 3. The number of amides is 2. The van der Waals surface area contributed by atoms with Crippen molar-refractivity contribution in [3.8, 4) is 11.5 Å². The van der Waals surface area contributed by atoms with Crippen molar-refractivity contribution in [3.05, 3.63) is 40.0 Å². The highest BCUT2D eigenvalue weighted by molar-refractivity contribution is 6.07. The Morgan fingerprint density at radius 3 is 2.14 bits per heavy atom. The molecule has 1 saturated heterocycles. The van der Waals surface area contributed by atoms with Gasteiger partial charge in [0.1, 0.15) is 0 Å². The van der Waals surface area contributed by atoms with Crippen molar-refractivity contribution < 1.29 is 24.0 Å². The highest BCUT2D eigenvalue weighted by Gasteiger charge is 2.73. The second-order valence-corrected chi connectivity index (χ2v) is 7.98.